The van der Waals surface area contributed by atoms with Gasteiger partial charge in [-0.2, -0.15) is 5.10 Å². The molecule has 0 unspecified atom stereocenters. The second-order valence-corrected chi connectivity index (χ2v) is 6.45. The molecule has 3 rings (SSSR count). The van der Waals surface area contributed by atoms with Crippen LogP contribution in [0.2, 0.25) is 5.02 Å². The molecule has 1 aromatic heterocycles. The molecular formula is C20H18ClN3O2. The van der Waals surface area contributed by atoms with Crippen molar-refractivity contribution in [3.05, 3.63) is 81.1 Å². The molecule has 2 aromatic carbocycles. The molecule has 0 saturated carbocycles. The van der Waals surface area contributed by atoms with Crippen molar-refractivity contribution < 1.29 is 4.79 Å². The van der Waals surface area contributed by atoms with Gasteiger partial charge in [-0.1, -0.05) is 35.9 Å². The zero-order valence-corrected chi connectivity index (χ0v) is 15.2. The lowest BCUT2D eigenvalue weighted by atomic mass is 10.1. The highest BCUT2D eigenvalue weighted by Crippen LogP contribution is 2.19. The van der Waals surface area contributed by atoms with Crippen LogP contribution in [0.5, 0.6) is 0 Å². The third-order valence-corrected chi connectivity index (χ3v) is 4.43. The van der Waals surface area contributed by atoms with Crippen LogP contribution in [0, 0.1) is 13.8 Å². The highest BCUT2D eigenvalue weighted by atomic mass is 35.5. The van der Waals surface area contributed by atoms with Crippen LogP contribution >= 0.6 is 11.6 Å². The molecule has 132 valence electrons. The molecule has 0 aliphatic heterocycles. The molecule has 0 spiro atoms. The van der Waals surface area contributed by atoms with Crippen molar-refractivity contribution in [3.63, 3.8) is 0 Å². The summed E-state index contributed by atoms with van der Waals surface area (Å²) in [5.74, 6) is -0.304. The van der Waals surface area contributed by atoms with Crippen molar-refractivity contribution in [2.24, 2.45) is 0 Å². The van der Waals surface area contributed by atoms with E-state index in [1.165, 1.54) is 6.07 Å². The molecule has 1 N–H and O–H groups in total. The summed E-state index contributed by atoms with van der Waals surface area (Å²) in [6.07, 6.45) is 0. The van der Waals surface area contributed by atoms with Crippen molar-refractivity contribution in [1.29, 1.82) is 0 Å². The maximum absolute atomic E-state index is 12.4. The second kappa shape index (κ2) is 7.54. The van der Waals surface area contributed by atoms with Crippen LogP contribution in [0.25, 0.3) is 11.3 Å². The van der Waals surface area contributed by atoms with Crippen LogP contribution in [0.15, 0.2) is 59.4 Å². The minimum absolute atomic E-state index is 0.159. The van der Waals surface area contributed by atoms with Gasteiger partial charge in [0.05, 0.1) is 5.69 Å². The van der Waals surface area contributed by atoms with Crippen LogP contribution in [0.1, 0.15) is 11.1 Å². The topological polar surface area (TPSA) is 64.0 Å². The monoisotopic (exact) mass is 367 g/mol. The molecular weight excluding hydrogens is 350 g/mol. The first-order valence-corrected chi connectivity index (χ1v) is 8.52. The minimum Gasteiger partial charge on any atom is -0.324 e. The van der Waals surface area contributed by atoms with E-state index < -0.39 is 0 Å². The standard InChI is InChI=1S/C20H18ClN3O2/c1-13-4-3-5-17(14(13)2)22-19(25)12-24-20(26)11-10-18(23-24)15-6-8-16(21)9-7-15/h3-11H,12H2,1-2H3,(H,22,25). The minimum atomic E-state index is -0.334. The van der Waals surface area contributed by atoms with Crippen LogP contribution in [0.4, 0.5) is 5.69 Å². The maximum Gasteiger partial charge on any atom is 0.267 e. The van der Waals surface area contributed by atoms with Gasteiger partial charge < -0.3 is 5.32 Å². The highest BCUT2D eigenvalue weighted by Gasteiger charge is 2.10. The Bertz CT molecular complexity index is 1010. The van der Waals surface area contributed by atoms with Crippen molar-refractivity contribution in [3.8, 4) is 11.3 Å². The number of carbonyl (C=O) groups is 1. The Morgan fingerprint density at radius 2 is 1.81 bits per heavy atom. The van der Waals surface area contributed by atoms with Crippen LogP contribution in [-0.2, 0) is 11.3 Å². The van der Waals surface area contributed by atoms with Gasteiger partial charge in [0.15, 0.2) is 0 Å². The molecule has 0 bridgehead atoms. The average Bonchev–Trinajstić information content (AvgIpc) is 2.62. The Morgan fingerprint density at radius 3 is 2.54 bits per heavy atom. The average molecular weight is 368 g/mol. The number of benzene rings is 2. The first kappa shape index (κ1) is 17.9. The van der Waals surface area contributed by atoms with Gasteiger partial charge in [-0.15, -0.1) is 0 Å². The van der Waals surface area contributed by atoms with E-state index in [-0.39, 0.29) is 18.0 Å². The van der Waals surface area contributed by atoms with Gasteiger partial charge >= 0.3 is 0 Å². The van der Waals surface area contributed by atoms with E-state index in [4.69, 9.17) is 11.6 Å². The first-order valence-electron chi connectivity index (χ1n) is 8.14. The molecule has 5 nitrogen and oxygen atoms in total. The zero-order valence-electron chi connectivity index (χ0n) is 14.5. The van der Waals surface area contributed by atoms with Gasteiger partial charge in [-0.05, 0) is 49.2 Å². The van der Waals surface area contributed by atoms with E-state index in [1.54, 1.807) is 18.2 Å². The molecule has 6 heteroatoms. The van der Waals surface area contributed by atoms with Gasteiger partial charge in [0.1, 0.15) is 6.54 Å². The number of nitrogens with zero attached hydrogens (tertiary/aromatic N) is 2. The van der Waals surface area contributed by atoms with Crippen LogP contribution in [0.3, 0.4) is 0 Å². The Kier molecular flexibility index (Phi) is 5.19. The molecule has 0 fully saturated rings. The Balaban J connectivity index is 1.82. The van der Waals surface area contributed by atoms with Crippen LogP contribution < -0.4 is 10.9 Å². The van der Waals surface area contributed by atoms with Gasteiger partial charge in [0.2, 0.25) is 5.91 Å². The smallest absolute Gasteiger partial charge is 0.267 e. The van der Waals surface area contributed by atoms with E-state index in [9.17, 15) is 9.59 Å². The molecule has 1 heterocycles. The lowest BCUT2D eigenvalue weighted by Gasteiger charge is -2.11. The third kappa shape index (κ3) is 4.00. The number of rotatable bonds is 4. The molecule has 0 aliphatic carbocycles. The number of anilines is 1. The molecule has 0 aliphatic rings. The Morgan fingerprint density at radius 1 is 1.08 bits per heavy atom. The summed E-state index contributed by atoms with van der Waals surface area (Å²) in [5.41, 5.74) is 3.90. The van der Waals surface area contributed by atoms with E-state index in [0.717, 1.165) is 27.1 Å². The fourth-order valence-corrected chi connectivity index (χ4v) is 2.68. The predicted molar refractivity (Wildman–Crippen MR) is 103 cm³/mol. The fraction of sp³-hybridized carbons (Fsp3) is 0.150. The summed E-state index contributed by atoms with van der Waals surface area (Å²) < 4.78 is 1.16. The molecule has 0 atom stereocenters. The lowest BCUT2D eigenvalue weighted by Crippen LogP contribution is -2.29. The molecule has 1 amide bonds. The van der Waals surface area contributed by atoms with E-state index in [2.05, 4.69) is 10.4 Å². The van der Waals surface area contributed by atoms with Crippen molar-refractivity contribution >= 4 is 23.2 Å². The predicted octanol–water partition coefficient (Wildman–Crippen LogP) is 3.82. The lowest BCUT2D eigenvalue weighted by molar-refractivity contribution is -0.117. The number of carbonyl (C=O) groups excluding carboxylic acids is 1. The second-order valence-electron chi connectivity index (χ2n) is 6.02. The van der Waals surface area contributed by atoms with Crippen LogP contribution in [-0.4, -0.2) is 15.7 Å². The summed E-state index contributed by atoms with van der Waals surface area (Å²) >= 11 is 5.90. The number of nitrogens with one attached hydrogen (secondary N) is 1. The number of hydrogen-bond donors (Lipinski definition) is 1. The van der Waals surface area contributed by atoms with E-state index in [0.29, 0.717) is 10.7 Å². The highest BCUT2D eigenvalue weighted by molar-refractivity contribution is 6.30. The summed E-state index contributed by atoms with van der Waals surface area (Å²) in [6, 6.07) is 15.9. The first-order chi connectivity index (χ1) is 12.4. The molecule has 3 aromatic rings. The number of hydrogen-bond acceptors (Lipinski definition) is 3. The quantitative estimate of drug-likeness (QED) is 0.762. The van der Waals surface area contributed by atoms with Crippen molar-refractivity contribution in [1.82, 2.24) is 9.78 Å². The zero-order chi connectivity index (χ0) is 18.7. The van der Waals surface area contributed by atoms with Crippen molar-refractivity contribution in [2.45, 2.75) is 20.4 Å². The molecule has 0 radical (unpaired) electrons. The van der Waals surface area contributed by atoms with Gasteiger partial charge in [0, 0.05) is 22.3 Å². The maximum atomic E-state index is 12.4. The summed E-state index contributed by atoms with van der Waals surface area (Å²) in [5, 5.41) is 7.75. The van der Waals surface area contributed by atoms with E-state index in [1.807, 2.05) is 44.2 Å². The largest absolute Gasteiger partial charge is 0.324 e. The number of amides is 1. The number of halogens is 1. The van der Waals surface area contributed by atoms with Gasteiger partial charge in [-0.3, -0.25) is 9.59 Å². The summed E-state index contributed by atoms with van der Waals surface area (Å²) in [4.78, 5) is 24.4. The SMILES string of the molecule is Cc1cccc(NC(=O)Cn2nc(-c3ccc(Cl)cc3)ccc2=O)c1C. The van der Waals surface area contributed by atoms with Gasteiger partial charge in [-0.25, -0.2) is 4.68 Å². The van der Waals surface area contributed by atoms with Crippen molar-refractivity contribution in [2.75, 3.05) is 5.32 Å². The third-order valence-electron chi connectivity index (χ3n) is 4.18. The Hall–Kier alpha value is -2.92. The number of aryl methyl sites for hydroxylation is 1. The van der Waals surface area contributed by atoms with E-state index >= 15 is 0 Å². The summed E-state index contributed by atoms with van der Waals surface area (Å²) in [6.45, 7) is 3.76. The molecule has 0 saturated heterocycles. The van der Waals surface area contributed by atoms with Gasteiger partial charge in [0.25, 0.3) is 5.56 Å². The molecule has 26 heavy (non-hydrogen) atoms. The number of aromatic nitrogens is 2. The Labute approximate surface area is 156 Å². The normalized spacial score (nSPS) is 10.6. The fourth-order valence-electron chi connectivity index (χ4n) is 2.55. The summed E-state index contributed by atoms with van der Waals surface area (Å²) in [7, 11) is 0.